The molecule has 2 rings (SSSR count). The first kappa shape index (κ1) is 14.7. The highest BCUT2D eigenvalue weighted by Crippen LogP contribution is 2.19. The first-order valence-electron chi connectivity index (χ1n) is 7.38. The highest BCUT2D eigenvalue weighted by atomic mass is 14.6. The Morgan fingerprint density at radius 1 is 1.05 bits per heavy atom. The van der Waals surface area contributed by atoms with Crippen LogP contribution in [0.15, 0.2) is 48.8 Å². The maximum absolute atomic E-state index is 6.33. The molecule has 2 aromatic rings. The van der Waals surface area contributed by atoms with Crippen LogP contribution in [-0.2, 0) is 12.8 Å². The van der Waals surface area contributed by atoms with Crippen molar-refractivity contribution in [3.63, 3.8) is 0 Å². The van der Waals surface area contributed by atoms with E-state index < -0.39 is 0 Å². The monoisotopic (exact) mass is 268 g/mol. The van der Waals surface area contributed by atoms with Crippen molar-refractivity contribution in [2.45, 2.75) is 39.2 Å². The Balaban J connectivity index is 1.96. The van der Waals surface area contributed by atoms with E-state index in [1.54, 1.807) is 0 Å². The van der Waals surface area contributed by atoms with E-state index in [1.165, 1.54) is 16.7 Å². The summed E-state index contributed by atoms with van der Waals surface area (Å²) in [5, 5.41) is 0. The molecule has 1 heterocycles. The Morgan fingerprint density at radius 3 is 2.50 bits per heavy atom. The summed E-state index contributed by atoms with van der Waals surface area (Å²) in [5.74, 6) is 0.679. The van der Waals surface area contributed by atoms with Gasteiger partial charge in [0.25, 0.3) is 0 Å². The largest absolute Gasteiger partial charge is 0.324 e. The number of aryl methyl sites for hydroxylation is 1. The molecule has 2 heteroatoms. The van der Waals surface area contributed by atoms with Gasteiger partial charge in [0, 0.05) is 18.4 Å². The molecule has 0 fully saturated rings. The van der Waals surface area contributed by atoms with Gasteiger partial charge in [-0.2, -0.15) is 0 Å². The number of aromatic nitrogens is 1. The van der Waals surface area contributed by atoms with Gasteiger partial charge in [0.05, 0.1) is 0 Å². The quantitative estimate of drug-likeness (QED) is 0.862. The molecule has 1 unspecified atom stereocenters. The molecule has 0 aliphatic heterocycles. The van der Waals surface area contributed by atoms with Gasteiger partial charge in [0.15, 0.2) is 0 Å². The minimum absolute atomic E-state index is 0.107. The number of nitrogens with two attached hydrogens (primary N) is 1. The number of rotatable bonds is 6. The van der Waals surface area contributed by atoms with E-state index >= 15 is 0 Å². The molecule has 1 aromatic carbocycles. The molecule has 0 amide bonds. The van der Waals surface area contributed by atoms with E-state index in [0.717, 1.165) is 19.3 Å². The molecule has 0 radical (unpaired) electrons. The van der Waals surface area contributed by atoms with Gasteiger partial charge in [-0.25, -0.2) is 0 Å². The molecule has 2 N–H and O–H groups in total. The van der Waals surface area contributed by atoms with Gasteiger partial charge in [0.2, 0.25) is 0 Å². The molecule has 0 spiro atoms. The third kappa shape index (κ3) is 4.46. The SMILES string of the molecule is CC(C)Cc1cccc(C(N)CCc2ccncc2)c1. The minimum Gasteiger partial charge on any atom is -0.324 e. The fourth-order valence-corrected chi connectivity index (χ4v) is 2.46. The molecule has 0 saturated carbocycles. The second-order valence-corrected chi connectivity index (χ2v) is 5.84. The van der Waals surface area contributed by atoms with Crippen LogP contribution in [0.25, 0.3) is 0 Å². The number of benzene rings is 1. The van der Waals surface area contributed by atoms with E-state index in [-0.39, 0.29) is 6.04 Å². The van der Waals surface area contributed by atoms with Gasteiger partial charge in [-0.3, -0.25) is 4.98 Å². The molecule has 0 aliphatic carbocycles. The zero-order chi connectivity index (χ0) is 14.4. The summed E-state index contributed by atoms with van der Waals surface area (Å²) in [5.41, 5.74) is 10.3. The Morgan fingerprint density at radius 2 is 1.80 bits per heavy atom. The summed E-state index contributed by atoms with van der Waals surface area (Å²) >= 11 is 0. The number of nitrogens with zero attached hydrogens (tertiary/aromatic N) is 1. The van der Waals surface area contributed by atoms with Gasteiger partial charge >= 0.3 is 0 Å². The Bertz CT molecular complexity index is 520. The predicted molar refractivity (Wildman–Crippen MR) is 84.5 cm³/mol. The van der Waals surface area contributed by atoms with Crippen LogP contribution in [0.5, 0.6) is 0 Å². The molecule has 0 saturated heterocycles. The van der Waals surface area contributed by atoms with Crippen LogP contribution < -0.4 is 5.73 Å². The molecular weight excluding hydrogens is 244 g/mol. The third-order valence-electron chi connectivity index (χ3n) is 3.52. The molecule has 0 aliphatic rings. The average Bonchev–Trinajstić information content (AvgIpc) is 2.45. The van der Waals surface area contributed by atoms with Gasteiger partial charge in [-0.15, -0.1) is 0 Å². The highest BCUT2D eigenvalue weighted by molar-refractivity contribution is 5.26. The summed E-state index contributed by atoms with van der Waals surface area (Å²) in [6.07, 6.45) is 6.76. The predicted octanol–water partition coefficient (Wildman–Crippen LogP) is 3.91. The lowest BCUT2D eigenvalue weighted by Gasteiger charge is -2.14. The lowest BCUT2D eigenvalue weighted by Crippen LogP contribution is -2.12. The van der Waals surface area contributed by atoms with Crippen LogP contribution in [0.2, 0.25) is 0 Å². The first-order valence-corrected chi connectivity index (χ1v) is 7.38. The maximum atomic E-state index is 6.33. The van der Waals surface area contributed by atoms with E-state index in [2.05, 4.69) is 55.2 Å². The summed E-state index contributed by atoms with van der Waals surface area (Å²) in [6, 6.07) is 12.9. The lowest BCUT2D eigenvalue weighted by molar-refractivity contribution is 0.635. The van der Waals surface area contributed by atoms with E-state index in [4.69, 9.17) is 5.73 Å². The van der Waals surface area contributed by atoms with Crippen LogP contribution in [0.3, 0.4) is 0 Å². The molecule has 0 bridgehead atoms. The Kier molecular flexibility index (Phi) is 5.31. The summed E-state index contributed by atoms with van der Waals surface area (Å²) in [7, 11) is 0. The normalized spacial score (nSPS) is 12.6. The second kappa shape index (κ2) is 7.20. The van der Waals surface area contributed by atoms with Crippen molar-refractivity contribution in [3.8, 4) is 0 Å². The average molecular weight is 268 g/mol. The van der Waals surface area contributed by atoms with Gasteiger partial charge in [-0.05, 0) is 54.0 Å². The molecule has 20 heavy (non-hydrogen) atoms. The second-order valence-electron chi connectivity index (χ2n) is 5.84. The van der Waals surface area contributed by atoms with Gasteiger partial charge in [-0.1, -0.05) is 38.1 Å². The van der Waals surface area contributed by atoms with Crippen LogP contribution in [0, 0.1) is 5.92 Å². The lowest BCUT2D eigenvalue weighted by atomic mass is 9.96. The van der Waals surface area contributed by atoms with Crippen LogP contribution >= 0.6 is 0 Å². The van der Waals surface area contributed by atoms with E-state index in [9.17, 15) is 0 Å². The number of hydrogen-bond donors (Lipinski definition) is 1. The van der Waals surface area contributed by atoms with Crippen LogP contribution in [-0.4, -0.2) is 4.98 Å². The Labute approximate surface area is 122 Å². The smallest absolute Gasteiger partial charge is 0.0298 e. The van der Waals surface area contributed by atoms with Crippen molar-refractivity contribution in [1.82, 2.24) is 4.98 Å². The highest BCUT2D eigenvalue weighted by Gasteiger charge is 2.07. The Hall–Kier alpha value is -1.67. The fourth-order valence-electron chi connectivity index (χ4n) is 2.46. The summed E-state index contributed by atoms with van der Waals surface area (Å²) < 4.78 is 0. The van der Waals surface area contributed by atoms with E-state index in [1.807, 2.05) is 12.4 Å². The minimum atomic E-state index is 0.107. The zero-order valence-electron chi connectivity index (χ0n) is 12.4. The summed E-state index contributed by atoms with van der Waals surface area (Å²) in [6.45, 7) is 4.49. The van der Waals surface area contributed by atoms with Crippen molar-refractivity contribution < 1.29 is 0 Å². The topological polar surface area (TPSA) is 38.9 Å². The number of hydrogen-bond acceptors (Lipinski definition) is 2. The van der Waals surface area contributed by atoms with Crippen molar-refractivity contribution in [2.24, 2.45) is 11.7 Å². The molecule has 1 atom stereocenters. The molecule has 1 aromatic heterocycles. The molecule has 106 valence electrons. The van der Waals surface area contributed by atoms with Crippen molar-refractivity contribution in [1.29, 1.82) is 0 Å². The third-order valence-corrected chi connectivity index (χ3v) is 3.52. The fraction of sp³-hybridized carbons (Fsp3) is 0.389. The first-order chi connectivity index (χ1) is 9.65. The van der Waals surface area contributed by atoms with Crippen LogP contribution in [0.4, 0.5) is 0 Å². The van der Waals surface area contributed by atoms with E-state index in [0.29, 0.717) is 5.92 Å². The van der Waals surface area contributed by atoms with Gasteiger partial charge < -0.3 is 5.73 Å². The summed E-state index contributed by atoms with van der Waals surface area (Å²) in [4.78, 5) is 4.04. The standard InChI is InChI=1S/C18H24N2/c1-14(2)12-16-4-3-5-17(13-16)18(19)7-6-15-8-10-20-11-9-15/h3-5,8-11,13-14,18H,6-7,12,19H2,1-2H3. The maximum Gasteiger partial charge on any atom is 0.0298 e. The van der Waals surface area contributed by atoms with Crippen molar-refractivity contribution in [3.05, 3.63) is 65.5 Å². The molecular formula is C18H24N2. The van der Waals surface area contributed by atoms with Crippen molar-refractivity contribution >= 4 is 0 Å². The zero-order valence-corrected chi connectivity index (χ0v) is 12.4. The molecule has 2 nitrogen and oxygen atoms in total. The van der Waals surface area contributed by atoms with Crippen LogP contribution in [0.1, 0.15) is 43.0 Å². The number of pyridine rings is 1. The van der Waals surface area contributed by atoms with Gasteiger partial charge in [0.1, 0.15) is 0 Å². The van der Waals surface area contributed by atoms with Crippen molar-refractivity contribution in [2.75, 3.05) is 0 Å².